The number of halogens is 1. The van der Waals surface area contributed by atoms with Crippen LogP contribution in [0.1, 0.15) is 31.6 Å². The van der Waals surface area contributed by atoms with Gasteiger partial charge in [-0.15, -0.1) is 0 Å². The van der Waals surface area contributed by atoms with Crippen molar-refractivity contribution in [2.45, 2.75) is 32.3 Å². The van der Waals surface area contributed by atoms with Crippen molar-refractivity contribution in [2.24, 2.45) is 11.8 Å². The Kier molecular flexibility index (Phi) is 6.69. The molecule has 24 heavy (non-hydrogen) atoms. The molecule has 0 radical (unpaired) electrons. The van der Waals surface area contributed by atoms with Crippen molar-refractivity contribution in [1.29, 1.82) is 0 Å². The van der Waals surface area contributed by atoms with Crippen molar-refractivity contribution in [1.82, 2.24) is 0 Å². The summed E-state index contributed by atoms with van der Waals surface area (Å²) in [6.45, 7) is 4.89. The molecule has 0 spiro atoms. The van der Waals surface area contributed by atoms with Crippen LogP contribution in [-0.2, 0) is 18.9 Å². The van der Waals surface area contributed by atoms with Crippen molar-refractivity contribution in [3.8, 4) is 0 Å². The largest absolute Gasteiger partial charge is 0.352 e. The summed E-state index contributed by atoms with van der Waals surface area (Å²) >= 11 is 5.91. The molecule has 2 aliphatic heterocycles. The molecular formula is C19H25ClO4. The first-order valence-electron chi connectivity index (χ1n) is 8.59. The number of hydrogen-bond acceptors (Lipinski definition) is 4. The second kappa shape index (κ2) is 8.97. The molecule has 0 aliphatic carbocycles. The van der Waals surface area contributed by atoms with Gasteiger partial charge in [-0.25, -0.2) is 0 Å². The van der Waals surface area contributed by atoms with Crippen molar-refractivity contribution in [3.63, 3.8) is 0 Å². The van der Waals surface area contributed by atoms with E-state index in [0.717, 1.165) is 36.6 Å². The molecule has 0 unspecified atom stereocenters. The zero-order valence-corrected chi connectivity index (χ0v) is 14.8. The Morgan fingerprint density at radius 1 is 0.958 bits per heavy atom. The van der Waals surface area contributed by atoms with Crippen LogP contribution in [-0.4, -0.2) is 32.7 Å². The van der Waals surface area contributed by atoms with Crippen molar-refractivity contribution < 1.29 is 18.9 Å². The minimum atomic E-state index is -0.290. The Hall–Kier alpha value is -0.910. The number of hydrogen-bond donors (Lipinski definition) is 0. The summed E-state index contributed by atoms with van der Waals surface area (Å²) in [6.07, 6.45) is 5.65. The molecule has 2 saturated heterocycles. The van der Waals surface area contributed by atoms with Gasteiger partial charge >= 0.3 is 0 Å². The van der Waals surface area contributed by atoms with Gasteiger partial charge < -0.3 is 18.9 Å². The molecule has 1 aromatic carbocycles. The standard InChI is InChI=1S/C19H25ClO4/c1-2-3-14-10-21-18(22-11-14)9-4-15-12-23-19(24-13-15)16-5-7-17(20)8-6-16/h2-3,5-8,14-15,18-19H,4,9-13H2,1H3/t14-,15-,18-,19-. The van der Waals surface area contributed by atoms with Crippen LogP contribution in [0.3, 0.4) is 0 Å². The van der Waals surface area contributed by atoms with E-state index in [-0.39, 0.29) is 12.6 Å². The fraction of sp³-hybridized carbons (Fsp3) is 0.579. The SMILES string of the molecule is CC=C[C@H]1CO[C@H](CC[C@H]2CO[C@H](c3ccc(Cl)cc3)OC2)OC1. The normalized spacial score (nSPS) is 31.4. The molecule has 0 saturated carbocycles. The van der Waals surface area contributed by atoms with Crippen LogP contribution in [0.4, 0.5) is 0 Å². The molecular weight excluding hydrogens is 328 g/mol. The predicted octanol–water partition coefficient (Wildman–Crippen LogP) is 4.35. The van der Waals surface area contributed by atoms with Gasteiger partial charge in [0.2, 0.25) is 0 Å². The maximum atomic E-state index is 5.91. The average molecular weight is 353 g/mol. The van der Waals surface area contributed by atoms with Gasteiger partial charge in [0.1, 0.15) is 0 Å². The lowest BCUT2D eigenvalue weighted by Gasteiger charge is -2.32. The minimum absolute atomic E-state index is 0.0968. The van der Waals surface area contributed by atoms with Gasteiger partial charge in [0.05, 0.1) is 26.4 Å². The molecule has 0 bridgehead atoms. The highest BCUT2D eigenvalue weighted by molar-refractivity contribution is 6.30. The molecule has 2 heterocycles. The van der Waals surface area contributed by atoms with E-state index in [2.05, 4.69) is 6.08 Å². The van der Waals surface area contributed by atoms with Crippen LogP contribution in [0.25, 0.3) is 0 Å². The summed E-state index contributed by atoms with van der Waals surface area (Å²) in [5.41, 5.74) is 1.01. The molecule has 0 N–H and O–H groups in total. The molecule has 2 fully saturated rings. The second-order valence-electron chi connectivity index (χ2n) is 6.38. The monoisotopic (exact) mass is 352 g/mol. The van der Waals surface area contributed by atoms with E-state index in [1.54, 1.807) is 0 Å². The number of rotatable bonds is 5. The Morgan fingerprint density at radius 2 is 1.62 bits per heavy atom. The topological polar surface area (TPSA) is 36.9 Å². The molecule has 5 heteroatoms. The highest BCUT2D eigenvalue weighted by Gasteiger charge is 2.26. The van der Waals surface area contributed by atoms with Gasteiger partial charge in [0.25, 0.3) is 0 Å². The molecule has 0 amide bonds. The van der Waals surface area contributed by atoms with E-state index in [9.17, 15) is 0 Å². The summed E-state index contributed by atoms with van der Waals surface area (Å²) in [5.74, 6) is 0.766. The Bertz CT molecular complexity index is 515. The lowest BCUT2D eigenvalue weighted by molar-refractivity contribution is -0.217. The van der Waals surface area contributed by atoms with Gasteiger partial charge in [-0.2, -0.15) is 0 Å². The molecule has 0 atom stereocenters. The third-order valence-electron chi connectivity index (χ3n) is 4.38. The number of ether oxygens (including phenoxy) is 4. The first kappa shape index (κ1) is 17.9. The van der Waals surface area contributed by atoms with Crippen molar-refractivity contribution in [3.05, 3.63) is 47.0 Å². The zero-order valence-electron chi connectivity index (χ0n) is 14.0. The summed E-state index contributed by atoms with van der Waals surface area (Å²) in [6, 6.07) is 7.60. The smallest absolute Gasteiger partial charge is 0.183 e. The van der Waals surface area contributed by atoms with Gasteiger partial charge in [-0.3, -0.25) is 0 Å². The van der Waals surface area contributed by atoms with E-state index in [4.69, 9.17) is 30.5 Å². The van der Waals surface area contributed by atoms with Crippen LogP contribution in [0, 0.1) is 11.8 Å². The van der Waals surface area contributed by atoms with E-state index < -0.39 is 0 Å². The molecule has 1 aromatic rings. The third kappa shape index (κ3) is 5.04. The highest BCUT2D eigenvalue weighted by atomic mass is 35.5. The Labute approximate surface area is 148 Å². The van der Waals surface area contributed by atoms with Gasteiger partial charge in [0.15, 0.2) is 12.6 Å². The predicted molar refractivity (Wildman–Crippen MR) is 92.8 cm³/mol. The van der Waals surface area contributed by atoms with Crippen LogP contribution in [0.2, 0.25) is 5.02 Å². The van der Waals surface area contributed by atoms with E-state index in [1.807, 2.05) is 37.3 Å². The number of benzene rings is 1. The summed E-state index contributed by atoms with van der Waals surface area (Å²) in [7, 11) is 0. The first-order chi connectivity index (χ1) is 11.7. The molecule has 2 aliphatic rings. The first-order valence-corrected chi connectivity index (χ1v) is 8.97. The quantitative estimate of drug-likeness (QED) is 0.738. The zero-order chi connectivity index (χ0) is 16.8. The van der Waals surface area contributed by atoms with Crippen molar-refractivity contribution >= 4 is 11.6 Å². The highest BCUT2D eigenvalue weighted by Crippen LogP contribution is 2.28. The fourth-order valence-corrected chi connectivity index (χ4v) is 3.13. The maximum absolute atomic E-state index is 5.91. The van der Waals surface area contributed by atoms with Gasteiger partial charge in [-0.05, 0) is 31.9 Å². The van der Waals surface area contributed by atoms with E-state index in [0.29, 0.717) is 25.0 Å². The third-order valence-corrected chi connectivity index (χ3v) is 4.63. The lowest BCUT2D eigenvalue weighted by Crippen LogP contribution is -2.33. The van der Waals surface area contributed by atoms with Crippen LogP contribution in [0.5, 0.6) is 0 Å². The maximum Gasteiger partial charge on any atom is 0.183 e. The molecule has 3 rings (SSSR count). The van der Waals surface area contributed by atoms with E-state index in [1.165, 1.54) is 0 Å². The van der Waals surface area contributed by atoms with Crippen LogP contribution < -0.4 is 0 Å². The van der Waals surface area contributed by atoms with Gasteiger partial charge in [0, 0.05) is 22.4 Å². The molecule has 4 nitrogen and oxygen atoms in total. The van der Waals surface area contributed by atoms with Crippen molar-refractivity contribution in [2.75, 3.05) is 26.4 Å². The number of allylic oxidation sites excluding steroid dienone is 1. The fourth-order valence-electron chi connectivity index (χ4n) is 3.00. The summed E-state index contributed by atoms with van der Waals surface area (Å²) in [4.78, 5) is 0. The minimum Gasteiger partial charge on any atom is -0.352 e. The second-order valence-corrected chi connectivity index (χ2v) is 6.81. The summed E-state index contributed by atoms with van der Waals surface area (Å²) < 4.78 is 23.2. The molecule has 132 valence electrons. The molecule has 0 aromatic heterocycles. The Balaban J connectivity index is 1.36. The summed E-state index contributed by atoms with van der Waals surface area (Å²) in [5, 5.41) is 0.719. The van der Waals surface area contributed by atoms with Crippen LogP contribution >= 0.6 is 11.6 Å². The van der Waals surface area contributed by atoms with Crippen LogP contribution in [0.15, 0.2) is 36.4 Å². The van der Waals surface area contributed by atoms with E-state index >= 15 is 0 Å². The lowest BCUT2D eigenvalue weighted by atomic mass is 10.0. The van der Waals surface area contributed by atoms with Gasteiger partial charge in [-0.1, -0.05) is 35.9 Å². The average Bonchev–Trinajstić information content (AvgIpc) is 2.63. The Morgan fingerprint density at radius 3 is 2.25 bits per heavy atom.